The summed E-state index contributed by atoms with van der Waals surface area (Å²) in [6.07, 6.45) is 0.911. The van der Waals surface area contributed by atoms with Crippen LogP contribution in [0.1, 0.15) is 71.1 Å². The zero-order chi connectivity index (χ0) is 30.2. The van der Waals surface area contributed by atoms with Crippen molar-refractivity contribution in [1.82, 2.24) is 0 Å². The van der Waals surface area contributed by atoms with Crippen LogP contribution in [0, 0.1) is 0 Å². The summed E-state index contributed by atoms with van der Waals surface area (Å²) in [6.45, 7) is 13.5. The van der Waals surface area contributed by atoms with Crippen LogP contribution in [0.5, 0.6) is 5.75 Å². The Labute approximate surface area is 250 Å². The number of hydrogen-bond donors (Lipinski definition) is 4. The van der Waals surface area contributed by atoms with Crippen LogP contribution in [0.25, 0.3) is 21.6 Å². The topological polar surface area (TPSA) is 113 Å². The fourth-order valence-corrected chi connectivity index (χ4v) is 6.39. The van der Waals surface area contributed by atoms with Crippen LogP contribution >= 0.6 is 11.3 Å². The van der Waals surface area contributed by atoms with Crippen LogP contribution < -0.4 is 4.74 Å². The highest BCUT2D eigenvalue weighted by Crippen LogP contribution is 2.37. The lowest BCUT2D eigenvalue weighted by Crippen LogP contribution is -2.41. The van der Waals surface area contributed by atoms with Crippen LogP contribution in [-0.2, 0) is 10.8 Å². The van der Waals surface area contributed by atoms with Gasteiger partial charge in [0.2, 0.25) is 0 Å². The Bertz CT molecular complexity index is 1200. The monoisotopic (exact) mass is 606 g/mol. The molecule has 0 radical (unpaired) electrons. The quantitative estimate of drug-likeness (QED) is 0.0976. The van der Waals surface area contributed by atoms with Gasteiger partial charge < -0.3 is 34.0 Å². The molecule has 7 nitrogen and oxygen atoms in total. The number of fused-ring (bicyclic) bond motifs is 1. The number of rotatable bonds is 17. The van der Waals surface area contributed by atoms with Crippen LogP contribution in [-0.4, -0.2) is 66.4 Å². The van der Waals surface area contributed by atoms with Gasteiger partial charge in [-0.1, -0.05) is 40.5 Å². The van der Waals surface area contributed by atoms with Gasteiger partial charge in [0.1, 0.15) is 29.8 Å². The molecule has 0 saturated heterocycles. The molecule has 230 valence electrons. The van der Waals surface area contributed by atoms with E-state index in [2.05, 4.69) is 52.9 Å². The van der Waals surface area contributed by atoms with E-state index in [9.17, 15) is 20.4 Å². The van der Waals surface area contributed by atoms with Gasteiger partial charge in [-0.3, -0.25) is 0 Å². The molecule has 1 aromatic carbocycles. The Balaban J connectivity index is 1.44. The van der Waals surface area contributed by atoms with Crippen molar-refractivity contribution in [3.63, 3.8) is 0 Å². The summed E-state index contributed by atoms with van der Waals surface area (Å²) in [5.41, 5.74) is 0.685. The fourth-order valence-electron chi connectivity index (χ4n) is 4.30. The summed E-state index contributed by atoms with van der Waals surface area (Å²) < 4.78 is 17.9. The smallest absolute Gasteiger partial charge is 0.191 e. The van der Waals surface area contributed by atoms with E-state index in [0.29, 0.717) is 30.8 Å². The second-order valence-corrected chi connectivity index (χ2v) is 18.6. The SMILES string of the molecule is CCCCCc1ccc(-c2cc3ccc(OCC(O)C(O)CC(O)C(O)CCCO[Si](C)(C)C(C)(C)C)cc3o2)s1. The maximum Gasteiger partial charge on any atom is 0.191 e. The van der Waals surface area contributed by atoms with Crippen molar-refractivity contribution in [2.75, 3.05) is 13.2 Å². The van der Waals surface area contributed by atoms with Crippen molar-refractivity contribution in [2.45, 2.75) is 115 Å². The molecule has 2 heterocycles. The second-order valence-electron chi connectivity index (χ2n) is 12.6. The maximum absolute atomic E-state index is 10.4. The third kappa shape index (κ3) is 9.92. The number of unbranched alkanes of at least 4 members (excludes halogenated alkanes) is 2. The van der Waals surface area contributed by atoms with Crippen LogP contribution in [0.3, 0.4) is 0 Å². The molecule has 4 unspecified atom stereocenters. The van der Waals surface area contributed by atoms with Crippen LogP contribution in [0.15, 0.2) is 40.8 Å². The Morgan fingerprint density at radius 1 is 0.902 bits per heavy atom. The molecule has 0 amide bonds. The number of thiophene rings is 1. The van der Waals surface area contributed by atoms with Crippen molar-refractivity contribution in [1.29, 1.82) is 0 Å². The standard InChI is InChI=1S/C32H50O7SSi/c1-7-8-9-11-24-15-16-31(40-24)30-18-22-13-14-23(19-29(22)39-30)37-21-28(36)27(35)20-26(34)25(33)12-10-17-38-41(5,6)32(2,3)4/h13-16,18-19,25-28,33-36H,7-12,17,20-21H2,1-6H3. The summed E-state index contributed by atoms with van der Waals surface area (Å²) in [6, 6.07) is 11.8. The molecular weight excluding hydrogens is 556 g/mol. The summed E-state index contributed by atoms with van der Waals surface area (Å²) in [4.78, 5) is 2.45. The molecule has 0 saturated carbocycles. The first-order valence-corrected chi connectivity index (χ1v) is 18.6. The molecule has 2 aromatic heterocycles. The minimum Gasteiger partial charge on any atom is -0.491 e. The minimum atomic E-state index is -1.85. The van der Waals surface area contributed by atoms with Crippen molar-refractivity contribution in [3.8, 4) is 16.4 Å². The Kier molecular flexibility index (Phi) is 12.5. The third-order valence-electron chi connectivity index (χ3n) is 8.13. The lowest BCUT2D eigenvalue weighted by Gasteiger charge is -2.36. The van der Waals surface area contributed by atoms with Gasteiger partial charge in [-0.15, -0.1) is 11.3 Å². The fraction of sp³-hybridized carbons (Fsp3) is 0.625. The van der Waals surface area contributed by atoms with Crippen molar-refractivity contribution in [3.05, 3.63) is 41.3 Å². The van der Waals surface area contributed by atoms with Gasteiger partial charge in [0.05, 0.1) is 23.2 Å². The Hall–Kier alpha value is -1.72. The van der Waals surface area contributed by atoms with Gasteiger partial charge in [-0.2, -0.15) is 0 Å². The lowest BCUT2D eigenvalue weighted by molar-refractivity contribution is -0.0602. The van der Waals surface area contributed by atoms with Crippen LogP contribution in [0.4, 0.5) is 0 Å². The summed E-state index contributed by atoms with van der Waals surface area (Å²) in [5.74, 6) is 1.33. The largest absolute Gasteiger partial charge is 0.491 e. The molecule has 9 heteroatoms. The van der Waals surface area contributed by atoms with Gasteiger partial charge in [-0.05, 0) is 74.1 Å². The predicted molar refractivity (Wildman–Crippen MR) is 169 cm³/mol. The Morgan fingerprint density at radius 2 is 1.63 bits per heavy atom. The highest BCUT2D eigenvalue weighted by Gasteiger charge is 2.37. The second kappa shape index (κ2) is 15.1. The molecule has 4 atom stereocenters. The molecule has 3 rings (SSSR count). The summed E-state index contributed by atoms with van der Waals surface area (Å²) in [5, 5.41) is 42.6. The Morgan fingerprint density at radius 3 is 2.34 bits per heavy atom. The van der Waals surface area contributed by atoms with Gasteiger partial charge in [0.25, 0.3) is 0 Å². The number of hydrogen-bond acceptors (Lipinski definition) is 8. The number of ether oxygens (including phenoxy) is 1. The van der Waals surface area contributed by atoms with Gasteiger partial charge >= 0.3 is 0 Å². The summed E-state index contributed by atoms with van der Waals surface area (Å²) in [7, 11) is -1.85. The first kappa shape index (κ1) is 33.8. The van der Waals surface area contributed by atoms with E-state index >= 15 is 0 Å². The number of benzene rings is 1. The number of aryl methyl sites for hydroxylation is 1. The first-order valence-electron chi connectivity index (χ1n) is 14.9. The molecule has 4 N–H and O–H groups in total. The zero-order valence-electron chi connectivity index (χ0n) is 25.6. The zero-order valence-corrected chi connectivity index (χ0v) is 27.4. The van der Waals surface area contributed by atoms with Gasteiger partial charge in [0.15, 0.2) is 8.32 Å². The molecule has 0 aliphatic carbocycles. The number of aliphatic hydroxyl groups is 4. The molecule has 0 aliphatic rings. The van der Waals surface area contributed by atoms with E-state index in [4.69, 9.17) is 13.6 Å². The highest BCUT2D eigenvalue weighted by molar-refractivity contribution is 7.15. The van der Waals surface area contributed by atoms with Crippen molar-refractivity contribution < 1.29 is 34.0 Å². The highest BCUT2D eigenvalue weighted by atomic mass is 32.1. The van der Waals surface area contributed by atoms with E-state index in [0.717, 1.165) is 22.4 Å². The predicted octanol–water partition coefficient (Wildman–Crippen LogP) is 6.91. The van der Waals surface area contributed by atoms with Gasteiger partial charge in [-0.25, -0.2) is 0 Å². The van der Waals surface area contributed by atoms with Crippen LogP contribution in [0.2, 0.25) is 18.1 Å². The number of aliphatic hydroxyl groups excluding tert-OH is 4. The van der Waals surface area contributed by atoms with E-state index in [1.807, 2.05) is 12.1 Å². The molecule has 0 fully saturated rings. The van der Waals surface area contributed by atoms with Crippen molar-refractivity contribution in [2.24, 2.45) is 0 Å². The molecule has 0 bridgehead atoms. The molecule has 0 aliphatic heterocycles. The molecular formula is C32H50O7SSi. The minimum absolute atomic E-state index is 0.113. The molecule has 0 spiro atoms. The normalized spacial score (nSPS) is 15.7. The maximum atomic E-state index is 10.4. The first-order chi connectivity index (χ1) is 19.3. The lowest BCUT2D eigenvalue weighted by atomic mass is 10.0. The summed E-state index contributed by atoms with van der Waals surface area (Å²) >= 11 is 1.76. The third-order valence-corrected chi connectivity index (χ3v) is 13.8. The average Bonchev–Trinajstić information content (AvgIpc) is 3.55. The van der Waals surface area contributed by atoms with E-state index in [1.165, 1.54) is 24.1 Å². The van der Waals surface area contributed by atoms with E-state index in [-0.39, 0.29) is 18.1 Å². The molecule has 41 heavy (non-hydrogen) atoms. The van der Waals surface area contributed by atoms with E-state index in [1.54, 1.807) is 23.5 Å². The number of furan rings is 1. The van der Waals surface area contributed by atoms with Gasteiger partial charge in [0, 0.05) is 29.4 Å². The van der Waals surface area contributed by atoms with Crippen molar-refractivity contribution >= 4 is 30.6 Å². The molecule has 3 aromatic rings. The van der Waals surface area contributed by atoms with E-state index < -0.39 is 32.7 Å². The average molecular weight is 607 g/mol.